The molecule has 0 aliphatic carbocycles. The number of hydrogen-bond donors (Lipinski definition) is 0. The highest BCUT2D eigenvalue weighted by atomic mass is 19.1. The van der Waals surface area contributed by atoms with Gasteiger partial charge < -0.3 is 4.90 Å². The number of anilines is 1. The Morgan fingerprint density at radius 3 is 2.75 bits per heavy atom. The van der Waals surface area contributed by atoms with Crippen molar-refractivity contribution in [3.05, 3.63) is 65.0 Å². The summed E-state index contributed by atoms with van der Waals surface area (Å²) in [6.45, 7) is 3.81. The van der Waals surface area contributed by atoms with Gasteiger partial charge >= 0.3 is 0 Å². The average Bonchev–Trinajstić information content (AvgIpc) is 2.73. The molecule has 1 amide bonds. The Morgan fingerprint density at radius 1 is 1.25 bits per heavy atom. The number of hydrogen-bond acceptors (Lipinski definition) is 1. The van der Waals surface area contributed by atoms with E-state index in [4.69, 9.17) is 0 Å². The molecule has 2 aromatic carbocycles. The molecular formula is C17H16FNO. The zero-order valence-corrected chi connectivity index (χ0v) is 11.6. The number of carbonyl (C=O) groups excluding carboxylic acids is 1. The van der Waals surface area contributed by atoms with Gasteiger partial charge in [0.05, 0.1) is 0 Å². The Balaban J connectivity index is 2.03. The van der Waals surface area contributed by atoms with Crippen LogP contribution in [0.1, 0.15) is 28.4 Å². The molecule has 2 nitrogen and oxygen atoms in total. The number of amides is 1. The number of fused-ring (bicyclic) bond motifs is 1. The lowest BCUT2D eigenvalue weighted by Crippen LogP contribution is -2.36. The van der Waals surface area contributed by atoms with E-state index in [1.54, 1.807) is 13.0 Å². The van der Waals surface area contributed by atoms with Gasteiger partial charge in [-0.15, -0.1) is 0 Å². The molecule has 0 radical (unpaired) electrons. The molecule has 0 spiro atoms. The van der Waals surface area contributed by atoms with E-state index in [0.717, 1.165) is 12.1 Å². The van der Waals surface area contributed by atoms with E-state index in [0.29, 0.717) is 11.1 Å². The van der Waals surface area contributed by atoms with E-state index in [9.17, 15) is 9.18 Å². The third-order valence-corrected chi connectivity index (χ3v) is 3.84. The third-order valence-electron chi connectivity index (χ3n) is 3.84. The Morgan fingerprint density at radius 2 is 2.00 bits per heavy atom. The van der Waals surface area contributed by atoms with Crippen molar-refractivity contribution in [2.75, 3.05) is 4.90 Å². The summed E-state index contributed by atoms with van der Waals surface area (Å²) < 4.78 is 13.2. The molecule has 1 heterocycles. The van der Waals surface area contributed by atoms with Gasteiger partial charge in [0, 0.05) is 17.3 Å². The van der Waals surface area contributed by atoms with Crippen molar-refractivity contribution in [3.63, 3.8) is 0 Å². The third kappa shape index (κ3) is 1.99. The smallest absolute Gasteiger partial charge is 0.258 e. The molecule has 1 atom stereocenters. The van der Waals surface area contributed by atoms with E-state index in [2.05, 4.69) is 6.07 Å². The summed E-state index contributed by atoms with van der Waals surface area (Å²) in [5.41, 5.74) is 3.39. The van der Waals surface area contributed by atoms with Crippen LogP contribution in [0.2, 0.25) is 0 Å². The molecule has 0 saturated heterocycles. The first-order valence-electron chi connectivity index (χ1n) is 6.75. The fourth-order valence-electron chi connectivity index (χ4n) is 2.87. The van der Waals surface area contributed by atoms with Gasteiger partial charge in [-0.05, 0) is 55.7 Å². The van der Waals surface area contributed by atoms with E-state index >= 15 is 0 Å². The summed E-state index contributed by atoms with van der Waals surface area (Å²) >= 11 is 0. The van der Waals surface area contributed by atoms with Crippen molar-refractivity contribution in [1.29, 1.82) is 0 Å². The van der Waals surface area contributed by atoms with Gasteiger partial charge in [0.1, 0.15) is 5.82 Å². The first-order chi connectivity index (χ1) is 9.58. The monoisotopic (exact) mass is 269 g/mol. The van der Waals surface area contributed by atoms with Gasteiger partial charge in [-0.3, -0.25) is 4.79 Å². The minimum Gasteiger partial charge on any atom is -0.305 e. The van der Waals surface area contributed by atoms with E-state index in [1.807, 2.05) is 30.0 Å². The van der Waals surface area contributed by atoms with Crippen molar-refractivity contribution in [2.24, 2.45) is 0 Å². The molecule has 20 heavy (non-hydrogen) atoms. The minimum absolute atomic E-state index is 0.0556. The molecular weight excluding hydrogens is 253 g/mol. The lowest BCUT2D eigenvalue weighted by Gasteiger charge is -2.23. The largest absolute Gasteiger partial charge is 0.305 e. The Hall–Kier alpha value is -2.16. The van der Waals surface area contributed by atoms with E-state index in [1.165, 1.54) is 17.7 Å². The van der Waals surface area contributed by atoms with Crippen molar-refractivity contribution in [1.82, 2.24) is 0 Å². The predicted octanol–water partition coefficient (Wildman–Crippen LogP) is 3.73. The SMILES string of the molecule is Cc1cc(F)ccc1C(=O)N1c2ccccc2CC1C. The molecule has 102 valence electrons. The van der Waals surface area contributed by atoms with Crippen LogP contribution in [0.25, 0.3) is 0 Å². The van der Waals surface area contributed by atoms with Crippen molar-refractivity contribution < 1.29 is 9.18 Å². The van der Waals surface area contributed by atoms with Crippen molar-refractivity contribution in [3.8, 4) is 0 Å². The Kier molecular flexibility index (Phi) is 3.05. The fourth-order valence-corrected chi connectivity index (χ4v) is 2.87. The fraction of sp³-hybridized carbons (Fsp3) is 0.235. The molecule has 0 aromatic heterocycles. The predicted molar refractivity (Wildman–Crippen MR) is 77.6 cm³/mol. The van der Waals surface area contributed by atoms with Crippen LogP contribution in [-0.4, -0.2) is 11.9 Å². The normalized spacial score (nSPS) is 17.1. The lowest BCUT2D eigenvalue weighted by atomic mass is 10.1. The Labute approximate surface area is 117 Å². The molecule has 1 aliphatic rings. The summed E-state index contributed by atoms with van der Waals surface area (Å²) in [7, 11) is 0. The first-order valence-corrected chi connectivity index (χ1v) is 6.75. The summed E-state index contributed by atoms with van der Waals surface area (Å²) in [5.74, 6) is -0.367. The van der Waals surface area contributed by atoms with E-state index in [-0.39, 0.29) is 17.8 Å². The zero-order chi connectivity index (χ0) is 14.3. The van der Waals surface area contributed by atoms with Gasteiger partial charge in [0.2, 0.25) is 0 Å². The van der Waals surface area contributed by atoms with Crippen LogP contribution < -0.4 is 4.90 Å². The second-order valence-corrected chi connectivity index (χ2v) is 5.32. The van der Waals surface area contributed by atoms with Crippen molar-refractivity contribution in [2.45, 2.75) is 26.3 Å². The quantitative estimate of drug-likeness (QED) is 0.772. The molecule has 1 unspecified atom stereocenters. The maximum Gasteiger partial charge on any atom is 0.258 e. The number of nitrogens with zero attached hydrogens (tertiary/aromatic N) is 1. The van der Waals surface area contributed by atoms with Crippen LogP contribution in [0.5, 0.6) is 0 Å². The second-order valence-electron chi connectivity index (χ2n) is 5.32. The summed E-state index contributed by atoms with van der Waals surface area (Å²) in [6.07, 6.45) is 0.863. The molecule has 0 saturated carbocycles. The highest BCUT2D eigenvalue weighted by Crippen LogP contribution is 2.33. The Bertz CT molecular complexity index is 680. The molecule has 0 fully saturated rings. The summed E-state index contributed by atoms with van der Waals surface area (Å²) in [5, 5.41) is 0. The number of carbonyl (C=O) groups is 1. The van der Waals surface area contributed by atoms with Crippen LogP contribution in [0.4, 0.5) is 10.1 Å². The standard InChI is InChI=1S/C17H16FNO/c1-11-9-14(18)7-8-15(11)17(20)19-12(2)10-13-5-3-4-6-16(13)19/h3-9,12H,10H2,1-2H3. The van der Waals surface area contributed by atoms with Gasteiger partial charge in [-0.25, -0.2) is 4.39 Å². The van der Waals surface area contributed by atoms with Crippen LogP contribution in [-0.2, 0) is 6.42 Å². The number of halogens is 1. The van der Waals surface area contributed by atoms with Gasteiger partial charge in [-0.2, -0.15) is 0 Å². The van der Waals surface area contributed by atoms with Crippen LogP contribution in [0.15, 0.2) is 42.5 Å². The molecule has 2 aromatic rings. The average molecular weight is 269 g/mol. The number of benzene rings is 2. The lowest BCUT2D eigenvalue weighted by molar-refractivity contribution is 0.0981. The summed E-state index contributed by atoms with van der Waals surface area (Å²) in [6, 6.07) is 12.4. The zero-order valence-electron chi connectivity index (χ0n) is 11.6. The number of aryl methyl sites for hydroxylation is 1. The van der Waals surface area contributed by atoms with Gasteiger partial charge in [-0.1, -0.05) is 18.2 Å². The number of rotatable bonds is 1. The molecule has 3 rings (SSSR count). The topological polar surface area (TPSA) is 20.3 Å². The summed E-state index contributed by atoms with van der Waals surface area (Å²) in [4.78, 5) is 14.6. The highest BCUT2D eigenvalue weighted by Gasteiger charge is 2.31. The van der Waals surface area contributed by atoms with Gasteiger partial charge in [0.15, 0.2) is 0 Å². The van der Waals surface area contributed by atoms with Gasteiger partial charge in [0.25, 0.3) is 5.91 Å². The molecule has 0 N–H and O–H groups in total. The first kappa shape index (κ1) is 12.9. The van der Waals surface area contributed by atoms with E-state index < -0.39 is 0 Å². The molecule has 0 bridgehead atoms. The van der Waals surface area contributed by atoms with Crippen molar-refractivity contribution >= 4 is 11.6 Å². The maximum atomic E-state index is 13.2. The van der Waals surface area contributed by atoms with Crippen LogP contribution in [0, 0.1) is 12.7 Å². The number of para-hydroxylation sites is 1. The molecule has 1 aliphatic heterocycles. The highest BCUT2D eigenvalue weighted by molar-refractivity contribution is 6.08. The second kappa shape index (κ2) is 4.75. The minimum atomic E-state index is -0.311. The van der Waals surface area contributed by atoms with Crippen LogP contribution in [0.3, 0.4) is 0 Å². The van der Waals surface area contributed by atoms with Crippen LogP contribution >= 0.6 is 0 Å². The molecule has 3 heteroatoms. The maximum absolute atomic E-state index is 13.2.